The third-order valence-electron chi connectivity index (χ3n) is 3.38. The van der Waals surface area contributed by atoms with Gasteiger partial charge in [0.15, 0.2) is 5.82 Å². The van der Waals surface area contributed by atoms with Crippen LogP contribution in [-0.2, 0) is 11.3 Å². The molecule has 1 aliphatic heterocycles. The normalized spacial score (nSPS) is 19.5. The van der Waals surface area contributed by atoms with Crippen LogP contribution in [0, 0.1) is 0 Å². The van der Waals surface area contributed by atoms with Gasteiger partial charge in [0.05, 0.1) is 12.6 Å². The second-order valence-corrected chi connectivity index (χ2v) is 5.04. The van der Waals surface area contributed by atoms with Crippen LogP contribution in [0.2, 0.25) is 0 Å². The van der Waals surface area contributed by atoms with Crippen LogP contribution in [0.5, 0.6) is 0 Å². The number of alkyl halides is 1. The number of aromatic nitrogens is 3. The molecule has 2 aromatic heterocycles. The van der Waals surface area contributed by atoms with Crippen LogP contribution in [0.15, 0.2) is 36.8 Å². The van der Waals surface area contributed by atoms with Gasteiger partial charge < -0.3 is 10.6 Å². The van der Waals surface area contributed by atoms with E-state index in [-0.39, 0.29) is 43.7 Å². The van der Waals surface area contributed by atoms with E-state index >= 15 is 0 Å². The molecule has 1 aliphatic rings. The number of nitrogens with zero attached hydrogens (tertiary/aromatic N) is 3. The van der Waals surface area contributed by atoms with E-state index in [9.17, 15) is 9.18 Å². The molecule has 0 spiro atoms. The van der Waals surface area contributed by atoms with Crippen LogP contribution in [0.3, 0.4) is 0 Å². The molecule has 2 atom stereocenters. The van der Waals surface area contributed by atoms with Gasteiger partial charge in [0, 0.05) is 37.6 Å². The lowest BCUT2D eigenvalue weighted by Gasteiger charge is -2.08. The first kappa shape index (κ1) is 19.3. The number of rotatable bonds is 4. The number of anilines is 1. The van der Waals surface area contributed by atoms with Gasteiger partial charge in [0.25, 0.3) is 0 Å². The Morgan fingerprint density at radius 1 is 1.35 bits per heavy atom. The van der Waals surface area contributed by atoms with Crippen molar-refractivity contribution in [1.29, 1.82) is 0 Å². The average Bonchev–Trinajstić information content (AvgIpc) is 3.09. The van der Waals surface area contributed by atoms with Crippen LogP contribution in [-0.4, -0.2) is 39.4 Å². The molecule has 0 aromatic carbocycles. The molecule has 2 N–H and O–H groups in total. The SMILES string of the molecule is Cl.Cl.O=C(Nc1ccn(Cc2ccncc2)n1)[C@H]1C[C@H](F)CN1. The number of pyridine rings is 1. The molecule has 0 bridgehead atoms. The maximum atomic E-state index is 13.1. The minimum atomic E-state index is -0.954. The van der Waals surface area contributed by atoms with Gasteiger partial charge in [-0.05, 0) is 17.7 Å². The Morgan fingerprint density at radius 2 is 2.09 bits per heavy atom. The van der Waals surface area contributed by atoms with Gasteiger partial charge in [-0.1, -0.05) is 0 Å². The molecule has 0 unspecified atom stereocenters. The molecule has 6 nitrogen and oxygen atoms in total. The van der Waals surface area contributed by atoms with Crippen molar-refractivity contribution in [2.75, 3.05) is 11.9 Å². The summed E-state index contributed by atoms with van der Waals surface area (Å²) >= 11 is 0. The Morgan fingerprint density at radius 3 is 2.74 bits per heavy atom. The van der Waals surface area contributed by atoms with E-state index in [1.54, 1.807) is 29.3 Å². The van der Waals surface area contributed by atoms with Gasteiger partial charge in [-0.25, -0.2) is 4.39 Å². The van der Waals surface area contributed by atoms with Crippen LogP contribution in [0.4, 0.5) is 10.2 Å². The summed E-state index contributed by atoms with van der Waals surface area (Å²) in [6.07, 6.45) is 4.49. The van der Waals surface area contributed by atoms with Gasteiger partial charge in [0.2, 0.25) is 5.91 Å². The first-order chi connectivity index (χ1) is 10.2. The highest BCUT2D eigenvalue weighted by molar-refractivity contribution is 5.94. The predicted octanol–water partition coefficient (Wildman–Crippen LogP) is 1.81. The summed E-state index contributed by atoms with van der Waals surface area (Å²) < 4.78 is 14.8. The van der Waals surface area contributed by atoms with Crippen molar-refractivity contribution in [3.05, 3.63) is 42.4 Å². The van der Waals surface area contributed by atoms with E-state index in [0.717, 1.165) is 5.56 Å². The molecule has 2 aromatic rings. The molecule has 1 fully saturated rings. The maximum absolute atomic E-state index is 13.1. The first-order valence-corrected chi connectivity index (χ1v) is 6.81. The van der Waals surface area contributed by atoms with Crippen LogP contribution < -0.4 is 10.6 Å². The summed E-state index contributed by atoms with van der Waals surface area (Å²) in [7, 11) is 0. The fourth-order valence-electron chi connectivity index (χ4n) is 2.30. The number of nitrogens with one attached hydrogen (secondary N) is 2. The van der Waals surface area contributed by atoms with Crippen molar-refractivity contribution >= 4 is 36.5 Å². The van der Waals surface area contributed by atoms with Crippen LogP contribution in [0.1, 0.15) is 12.0 Å². The molecule has 0 radical (unpaired) electrons. The number of amides is 1. The second-order valence-electron chi connectivity index (χ2n) is 5.04. The Balaban J connectivity index is 0.00000132. The van der Waals surface area contributed by atoms with Crippen molar-refractivity contribution in [3.8, 4) is 0 Å². The molecule has 1 amide bonds. The minimum Gasteiger partial charge on any atom is -0.308 e. The van der Waals surface area contributed by atoms with Gasteiger partial charge >= 0.3 is 0 Å². The van der Waals surface area contributed by atoms with E-state index in [0.29, 0.717) is 12.4 Å². The molecular weight excluding hydrogens is 344 g/mol. The second kappa shape index (κ2) is 8.81. The highest BCUT2D eigenvalue weighted by Crippen LogP contribution is 2.12. The standard InChI is InChI=1S/C14H16FN5O.2ClH/c15-11-7-12(17-8-11)14(21)18-13-3-6-20(19-13)9-10-1-4-16-5-2-10;;/h1-6,11-12,17H,7-9H2,(H,18,19,21);2*1H/t11-,12+;;/m0../s1. The molecule has 0 saturated carbocycles. The fraction of sp³-hybridized carbons (Fsp3) is 0.357. The zero-order valence-electron chi connectivity index (χ0n) is 12.2. The molecule has 126 valence electrons. The van der Waals surface area contributed by atoms with E-state index in [2.05, 4.69) is 20.7 Å². The topological polar surface area (TPSA) is 71.8 Å². The van der Waals surface area contributed by atoms with Crippen molar-refractivity contribution in [1.82, 2.24) is 20.1 Å². The summed E-state index contributed by atoms with van der Waals surface area (Å²) in [4.78, 5) is 15.9. The summed E-state index contributed by atoms with van der Waals surface area (Å²) in [5.41, 5.74) is 1.07. The highest BCUT2D eigenvalue weighted by Gasteiger charge is 2.29. The molecule has 1 saturated heterocycles. The number of halogens is 3. The molecule has 0 aliphatic carbocycles. The molecular formula is C14H18Cl2FN5O. The van der Waals surface area contributed by atoms with Crippen molar-refractivity contribution in [2.45, 2.75) is 25.2 Å². The quantitative estimate of drug-likeness (QED) is 0.870. The fourth-order valence-corrected chi connectivity index (χ4v) is 2.30. The number of hydrogen-bond donors (Lipinski definition) is 2. The number of hydrogen-bond acceptors (Lipinski definition) is 4. The molecule has 9 heteroatoms. The van der Waals surface area contributed by atoms with Gasteiger partial charge in [-0.3, -0.25) is 14.5 Å². The largest absolute Gasteiger partial charge is 0.308 e. The van der Waals surface area contributed by atoms with Crippen LogP contribution >= 0.6 is 24.8 Å². The maximum Gasteiger partial charge on any atom is 0.242 e. The lowest BCUT2D eigenvalue weighted by Crippen LogP contribution is -2.35. The highest BCUT2D eigenvalue weighted by atomic mass is 35.5. The van der Waals surface area contributed by atoms with Gasteiger partial charge in [0.1, 0.15) is 6.17 Å². The average molecular weight is 362 g/mol. The lowest BCUT2D eigenvalue weighted by molar-refractivity contribution is -0.117. The number of carbonyl (C=O) groups is 1. The molecule has 23 heavy (non-hydrogen) atoms. The van der Waals surface area contributed by atoms with E-state index in [4.69, 9.17) is 0 Å². The zero-order valence-corrected chi connectivity index (χ0v) is 13.8. The van der Waals surface area contributed by atoms with E-state index in [1.807, 2.05) is 12.1 Å². The Kier molecular flexibility index (Phi) is 7.41. The zero-order chi connectivity index (χ0) is 14.7. The van der Waals surface area contributed by atoms with Crippen LogP contribution in [0.25, 0.3) is 0 Å². The van der Waals surface area contributed by atoms with E-state index < -0.39 is 12.2 Å². The summed E-state index contributed by atoms with van der Waals surface area (Å²) in [6.45, 7) is 0.835. The third-order valence-corrected chi connectivity index (χ3v) is 3.38. The first-order valence-electron chi connectivity index (χ1n) is 6.81. The van der Waals surface area contributed by atoms with Gasteiger partial charge in [-0.2, -0.15) is 5.10 Å². The van der Waals surface area contributed by atoms with E-state index in [1.165, 1.54) is 0 Å². The molecule has 3 rings (SSSR count). The summed E-state index contributed by atoms with van der Waals surface area (Å²) in [5.74, 6) is 0.225. The predicted molar refractivity (Wildman–Crippen MR) is 90.0 cm³/mol. The summed E-state index contributed by atoms with van der Waals surface area (Å²) in [5, 5.41) is 9.82. The minimum absolute atomic E-state index is 0. The van der Waals surface area contributed by atoms with Crippen molar-refractivity contribution in [2.24, 2.45) is 0 Å². The monoisotopic (exact) mass is 361 g/mol. The van der Waals surface area contributed by atoms with Gasteiger partial charge in [-0.15, -0.1) is 24.8 Å². The number of carbonyl (C=O) groups excluding carboxylic acids is 1. The molecule has 3 heterocycles. The van der Waals surface area contributed by atoms with Crippen molar-refractivity contribution in [3.63, 3.8) is 0 Å². The smallest absolute Gasteiger partial charge is 0.242 e. The Bertz CT molecular complexity index is 625. The van der Waals surface area contributed by atoms with Crippen molar-refractivity contribution < 1.29 is 9.18 Å². The Labute approximate surface area is 145 Å². The third kappa shape index (κ3) is 5.16. The lowest BCUT2D eigenvalue weighted by atomic mass is 10.2. The summed E-state index contributed by atoms with van der Waals surface area (Å²) in [6, 6.07) is 5.06. The Hall–Kier alpha value is -1.70.